The molecule has 208 valence electrons. The molecule has 4 N–H and O–H groups in total. The predicted molar refractivity (Wildman–Crippen MR) is 148 cm³/mol. The Labute approximate surface area is 230 Å². The first-order valence-electron chi connectivity index (χ1n) is 12.7. The number of thiazole rings is 1. The van der Waals surface area contributed by atoms with E-state index in [9.17, 15) is 27.9 Å². The Morgan fingerprint density at radius 3 is 2.46 bits per heavy atom. The molecule has 1 unspecified atom stereocenters. The molecule has 1 atom stereocenters. The summed E-state index contributed by atoms with van der Waals surface area (Å²) in [5, 5.41) is 22.5. The van der Waals surface area contributed by atoms with Crippen molar-refractivity contribution in [2.75, 3.05) is 19.4 Å². The van der Waals surface area contributed by atoms with E-state index >= 15 is 0 Å². The number of benzene rings is 2. The van der Waals surface area contributed by atoms with Gasteiger partial charge in [0.2, 0.25) is 11.8 Å². The summed E-state index contributed by atoms with van der Waals surface area (Å²) in [7, 11) is -3.89. The maximum Gasteiger partial charge on any atom is 0.245 e. The SMILES string of the molecule is CS(=O)(=O)C(C(=O)NCC(=O)NC1CC1)c1nc2ccc(-c3ccc(C(=O)CCCCO)c(CO)c3)cc2s1. The molecular formula is C27H31N3O7S2. The molecule has 1 aromatic heterocycles. The number of Topliss-reactive ketones (excluding diaryl/α,β-unsaturated/α-hetero) is 1. The standard InChI is InChI=1S/C27H31N3O7S2/c1-39(36,37)25(26(35)28-14-24(34)29-19-7-8-19)27-30-21-10-6-17(13-23(21)38-27)16-5-9-20(18(12-16)15-32)22(33)4-2-3-11-31/h5-6,9-10,12-13,19,25,31-32H,2-4,7-8,11,14-15H2,1H3,(H,28,35)(H,29,34). The van der Waals surface area contributed by atoms with Crippen molar-refractivity contribution in [3.8, 4) is 11.1 Å². The van der Waals surface area contributed by atoms with E-state index in [1.165, 1.54) is 0 Å². The third kappa shape index (κ3) is 7.27. The fourth-order valence-electron chi connectivity index (χ4n) is 4.20. The Morgan fingerprint density at radius 1 is 1.08 bits per heavy atom. The Balaban J connectivity index is 1.56. The first-order chi connectivity index (χ1) is 18.6. The van der Waals surface area contributed by atoms with Gasteiger partial charge >= 0.3 is 0 Å². The van der Waals surface area contributed by atoms with Gasteiger partial charge in [-0.2, -0.15) is 0 Å². The summed E-state index contributed by atoms with van der Waals surface area (Å²) < 4.78 is 25.8. The van der Waals surface area contributed by atoms with Crippen molar-refractivity contribution in [1.29, 1.82) is 0 Å². The highest BCUT2D eigenvalue weighted by Gasteiger charge is 2.34. The van der Waals surface area contributed by atoms with Gasteiger partial charge in [0.05, 0.1) is 23.4 Å². The van der Waals surface area contributed by atoms with E-state index in [0.717, 1.165) is 41.6 Å². The van der Waals surface area contributed by atoms with Gasteiger partial charge < -0.3 is 20.8 Å². The van der Waals surface area contributed by atoms with Gasteiger partial charge in [-0.05, 0) is 60.6 Å². The Bertz CT molecular complexity index is 1500. The second kappa shape index (κ2) is 12.3. The molecule has 12 heteroatoms. The van der Waals surface area contributed by atoms with Crippen molar-refractivity contribution in [2.24, 2.45) is 0 Å². The van der Waals surface area contributed by atoms with Gasteiger partial charge in [-0.25, -0.2) is 13.4 Å². The van der Waals surface area contributed by atoms with E-state index in [4.69, 9.17) is 5.11 Å². The fourth-order valence-corrected chi connectivity index (χ4v) is 6.75. The zero-order valence-corrected chi connectivity index (χ0v) is 23.1. The Hall–Kier alpha value is -3.19. The molecular weight excluding hydrogens is 542 g/mol. The van der Waals surface area contributed by atoms with Gasteiger partial charge in [0.1, 0.15) is 5.01 Å². The molecule has 0 saturated heterocycles. The van der Waals surface area contributed by atoms with Crippen molar-refractivity contribution in [1.82, 2.24) is 15.6 Å². The summed E-state index contributed by atoms with van der Waals surface area (Å²) in [5.74, 6) is -1.28. The minimum atomic E-state index is -3.89. The molecule has 4 rings (SSSR count). The summed E-state index contributed by atoms with van der Waals surface area (Å²) in [4.78, 5) is 41.7. The lowest BCUT2D eigenvalue weighted by molar-refractivity contribution is -0.126. The van der Waals surface area contributed by atoms with Crippen LogP contribution < -0.4 is 10.6 Å². The van der Waals surface area contributed by atoms with E-state index in [2.05, 4.69) is 15.6 Å². The number of sulfone groups is 1. The highest BCUT2D eigenvalue weighted by molar-refractivity contribution is 7.91. The number of aliphatic hydroxyl groups is 2. The first kappa shape index (κ1) is 28.8. The molecule has 1 fully saturated rings. The van der Waals surface area contributed by atoms with E-state index in [1.807, 2.05) is 6.07 Å². The Morgan fingerprint density at radius 2 is 1.79 bits per heavy atom. The van der Waals surface area contributed by atoms with Crippen LogP contribution in [-0.2, 0) is 26.0 Å². The minimum absolute atomic E-state index is 0.0218. The molecule has 0 bridgehead atoms. The van der Waals surface area contributed by atoms with Crippen LogP contribution >= 0.6 is 11.3 Å². The lowest BCUT2D eigenvalue weighted by Gasteiger charge is -2.12. The number of nitrogens with one attached hydrogen (secondary N) is 2. The summed E-state index contributed by atoms with van der Waals surface area (Å²) >= 11 is 1.08. The molecule has 0 aliphatic heterocycles. The number of fused-ring (bicyclic) bond motifs is 1. The molecule has 1 heterocycles. The van der Waals surface area contributed by atoms with Crippen molar-refractivity contribution >= 4 is 49.0 Å². The number of ketones is 1. The highest BCUT2D eigenvalue weighted by Crippen LogP contribution is 2.34. The molecule has 0 radical (unpaired) electrons. The van der Waals surface area contributed by atoms with Gasteiger partial charge in [0.25, 0.3) is 0 Å². The van der Waals surface area contributed by atoms with Gasteiger partial charge in [-0.15, -0.1) is 11.3 Å². The molecule has 1 saturated carbocycles. The number of carbonyl (C=O) groups is 3. The molecule has 2 amide bonds. The number of aromatic nitrogens is 1. The van der Waals surface area contributed by atoms with Crippen molar-refractivity contribution < 1.29 is 33.0 Å². The normalized spacial score (nSPS) is 14.2. The van der Waals surface area contributed by atoms with Crippen LogP contribution in [0.4, 0.5) is 0 Å². The molecule has 2 aromatic carbocycles. The maximum atomic E-state index is 12.8. The van der Waals surface area contributed by atoms with E-state index in [0.29, 0.717) is 34.2 Å². The van der Waals surface area contributed by atoms with Crippen LogP contribution in [0.1, 0.15) is 58.3 Å². The van der Waals surface area contributed by atoms with Crippen LogP contribution in [0.2, 0.25) is 0 Å². The van der Waals surface area contributed by atoms with Crippen LogP contribution in [-0.4, -0.2) is 66.7 Å². The van der Waals surface area contributed by atoms with Crippen molar-refractivity contribution in [3.05, 3.63) is 52.5 Å². The lowest BCUT2D eigenvalue weighted by Crippen LogP contribution is -2.41. The lowest BCUT2D eigenvalue weighted by atomic mass is 9.95. The zero-order chi connectivity index (χ0) is 28.2. The van der Waals surface area contributed by atoms with Gasteiger partial charge in [0.15, 0.2) is 20.9 Å². The first-order valence-corrected chi connectivity index (χ1v) is 15.4. The number of carbonyl (C=O) groups excluding carboxylic acids is 3. The number of aliphatic hydroxyl groups excluding tert-OH is 2. The van der Waals surface area contributed by atoms with Crippen LogP contribution in [0, 0.1) is 0 Å². The fraction of sp³-hybridized carbons (Fsp3) is 0.407. The highest BCUT2D eigenvalue weighted by atomic mass is 32.2. The molecule has 1 aliphatic rings. The number of hydrogen-bond donors (Lipinski definition) is 4. The number of rotatable bonds is 13. The molecule has 39 heavy (non-hydrogen) atoms. The quantitative estimate of drug-likeness (QED) is 0.179. The second-order valence-electron chi connectivity index (χ2n) is 9.64. The van der Waals surface area contributed by atoms with E-state index in [-0.39, 0.29) is 48.9 Å². The van der Waals surface area contributed by atoms with Crippen LogP contribution in [0.15, 0.2) is 36.4 Å². The summed E-state index contributed by atoms with van der Waals surface area (Å²) in [6, 6.07) is 10.6. The smallest absolute Gasteiger partial charge is 0.245 e. The van der Waals surface area contributed by atoms with Crippen molar-refractivity contribution in [2.45, 2.75) is 50.0 Å². The number of hydrogen-bond acceptors (Lipinski definition) is 9. The Kier molecular flexibility index (Phi) is 9.11. The third-order valence-electron chi connectivity index (χ3n) is 6.38. The van der Waals surface area contributed by atoms with E-state index in [1.54, 1.807) is 30.3 Å². The average molecular weight is 574 g/mol. The molecule has 3 aromatic rings. The van der Waals surface area contributed by atoms with Crippen LogP contribution in [0.25, 0.3) is 21.3 Å². The largest absolute Gasteiger partial charge is 0.396 e. The van der Waals surface area contributed by atoms with Crippen LogP contribution in [0.3, 0.4) is 0 Å². The minimum Gasteiger partial charge on any atom is -0.396 e. The number of nitrogens with zero attached hydrogens (tertiary/aromatic N) is 1. The van der Waals surface area contributed by atoms with Crippen LogP contribution in [0.5, 0.6) is 0 Å². The number of unbranched alkanes of at least 4 members (excludes halogenated alkanes) is 1. The van der Waals surface area contributed by atoms with Gasteiger partial charge in [-0.1, -0.05) is 18.2 Å². The average Bonchev–Trinajstić information content (AvgIpc) is 3.61. The summed E-state index contributed by atoms with van der Waals surface area (Å²) in [6.45, 7) is -0.608. The molecule has 0 spiro atoms. The zero-order valence-electron chi connectivity index (χ0n) is 21.5. The van der Waals surface area contributed by atoms with Gasteiger partial charge in [0, 0.05) is 30.9 Å². The molecule has 10 nitrogen and oxygen atoms in total. The maximum absolute atomic E-state index is 12.8. The topological polar surface area (TPSA) is 163 Å². The molecule has 1 aliphatic carbocycles. The third-order valence-corrected chi connectivity index (χ3v) is 8.91. The summed E-state index contributed by atoms with van der Waals surface area (Å²) in [5.41, 5.74) is 2.97. The monoisotopic (exact) mass is 573 g/mol. The second-order valence-corrected chi connectivity index (χ2v) is 12.8. The number of amides is 2. The van der Waals surface area contributed by atoms with Crippen molar-refractivity contribution in [3.63, 3.8) is 0 Å². The predicted octanol–water partition coefficient (Wildman–Crippen LogP) is 2.28. The van der Waals surface area contributed by atoms with Gasteiger partial charge in [-0.3, -0.25) is 14.4 Å². The summed E-state index contributed by atoms with van der Waals surface area (Å²) in [6.07, 6.45) is 4.13. The van der Waals surface area contributed by atoms with E-state index < -0.39 is 21.0 Å².